The standard InChI is InChI=1S/C16H27N3O/c1-12-11-18-10-8-14(12)19-15(20)6-5-13(7-9-17)16(2,3)4/h8,10-11,13H,5-7,9,17H2,1-4H3,(H,18,19,20). The topological polar surface area (TPSA) is 68.0 Å². The Hall–Kier alpha value is -1.42. The quantitative estimate of drug-likeness (QED) is 0.839. The number of aryl methyl sites for hydroxylation is 1. The molecule has 20 heavy (non-hydrogen) atoms. The molecule has 0 spiro atoms. The van der Waals surface area contributed by atoms with Crippen LogP contribution in [0.2, 0.25) is 0 Å². The number of amides is 1. The number of carbonyl (C=O) groups is 1. The summed E-state index contributed by atoms with van der Waals surface area (Å²) in [5, 5.41) is 2.95. The summed E-state index contributed by atoms with van der Waals surface area (Å²) >= 11 is 0. The molecule has 0 radical (unpaired) electrons. The number of carbonyl (C=O) groups excluding carboxylic acids is 1. The molecule has 1 atom stereocenters. The van der Waals surface area contributed by atoms with Crippen molar-refractivity contribution in [1.82, 2.24) is 4.98 Å². The van der Waals surface area contributed by atoms with Crippen LogP contribution in [0.3, 0.4) is 0 Å². The average molecular weight is 277 g/mol. The van der Waals surface area contributed by atoms with E-state index < -0.39 is 0 Å². The lowest BCUT2D eigenvalue weighted by Crippen LogP contribution is -2.25. The van der Waals surface area contributed by atoms with E-state index in [4.69, 9.17) is 5.73 Å². The van der Waals surface area contributed by atoms with Crippen molar-refractivity contribution in [2.75, 3.05) is 11.9 Å². The van der Waals surface area contributed by atoms with E-state index in [2.05, 4.69) is 31.1 Å². The van der Waals surface area contributed by atoms with E-state index in [1.54, 1.807) is 12.4 Å². The van der Waals surface area contributed by atoms with Gasteiger partial charge in [-0.15, -0.1) is 0 Å². The van der Waals surface area contributed by atoms with Gasteiger partial charge in [0.15, 0.2) is 0 Å². The molecule has 0 aromatic carbocycles. The molecule has 0 bridgehead atoms. The van der Waals surface area contributed by atoms with Gasteiger partial charge in [0.25, 0.3) is 0 Å². The molecule has 0 aliphatic heterocycles. The monoisotopic (exact) mass is 277 g/mol. The van der Waals surface area contributed by atoms with Gasteiger partial charge >= 0.3 is 0 Å². The maximum atomic E-state index is 12.0. The molecule has 112 valence electrons. The number of nitrogens with one attached hydrogen (secondary N) is 1. The Balaban J connectivity index is 2.52. The molecule has 0 saturated carbocycles. The third kappa shape index (κ3) is 5.29. The maximum absolute atomic E-state index is 12.0. The van der Waals surface area contributed by atoms with Crippen LogP contribution in [-0.4, -0.2) is 17.4 Å². The lowest BCUT2D eigenvalue weighted by atomic mass is 9.76. The first-order valence-electron chi connectivity index (χ1n) is 7.25. The van der Waals surface area contributed by atoms with Gasteiger partial charge in [-0.2, -0.15) is 0 Å². The second kappa shape index (κ2) is 7.39. The van der Waals surface area contributed by atoms with Gasteiger partial charge in [0.1, 0.15) is 0 Å². The fourth-order valence-electron chi connectivity index (χ4n) is 2.34. The van der Waals surface area contributed by atoms with Gasteiger partial charge in [0.2, 0.25) is 5.91 Å². The first-order valence-corrected chi connectivity index (χ1v) is 7.25. The van der Waals surface area contributed by atoms with E-state index in [0.29, 0.717) is 18.9 Å². The van der Waals surface area contributed by atoms with E-state index in [1.807, 2.05) is 13.0 Å². The average Bonchev–Trinajstić information content (AvgIpc) is 2.36. The van der Waals surface area contributed by atoms with Gasteiger partial charge in [0, 0.05) is 24.5 Å². The van der Waals surface area contributed by atoms with Crippen molar-refractivity contribution in [1.29, 1.82) is 0 Å². The predicted molar refractivity (Wildman–Crippen MR) is 83.5 cm³/mol. The van der Waals surface area contributed by atoms with E-state index in [9.17, 15) is 4.79 Å². The van der Waals surface area contributed by atoms with Gasteiger partial charge < -0.3 is 11.1 Å². The molecular weight excluding hydrogens is 250 g/mol. The molecule has 4 heteroatoms. The lowest BCUT2D eigenvalue weighted by Gasteiger charge is -2.30. The Morgan fingerprint density at radius 1 is 1.40 bits per heavy atom. The fraction of sp³-hybridized carbons (Fsp3) is 0.625. The summed E-state index contributed by atoms with van der Waals surface area (Å²) in [5.41, 5.74) is 7.68. The third-order valence-electron chi connectivity index (χ3n) is 3.75. The van der Waals surface area contributed by atoms with Crippen molar-refractivity contribution in [2.24, 2.45) is 17.1 Å². The maximum Gasteiger partial charge on any atom is 0.224 e. The van der Waals surface area contributed by atoms with Crippen LogP contribution in [0.4, 0.5) is 5.69 Å². The second-order valence-corrected chi connectivity index (χ2v) is 6.42. The normalized spacial score (nSPS) is 13.1. The number of aromatic nitrogens is 1. The molecule has 4 nitrogen and oxygen atoms in total. The Morgan fingerprint density at radius 2 is 2.10 bits per heavy atom. The van der Waals surface area contributed by atoms with Gasteiger partial charge in [-0.3, -0.25) is 9.78 Å². The van der Waals surface area contributed by atoms with E-state index in [1.165, 1.54) is 0 Å². The zero-order valence-electron chi connectivity index (χ0n) is 13.1. The molecule has 1 aromatic rings. The van der Waals surface area contributed by atoms with E-state index >= 15 is 0 Å². The highest BCUT2D eigenvalue weighted by Crippen LogP contribution is 2.32. The van der Waals surface area contributed by atoms with Crippen LogP contribution in [0, 0.1) is 18.3 Å². The zero-order chi connectivity index (χ0) is 15.2. The van der Waals surface area contributed by atoms with Crippen molar-refractivity contribution < 1.29 is 4.79 Å². The number of anilines is 1. The Labute approximate surface area is 122 Å². The molecule has 0 saturated heterocycles. The van der Waals surface area contributed by atoms with Crippen LogP contribution < -0.4 is 11.1 Å². The molecule has 1 unspecified atom stereocenters. The minimum atomic E-state index is 0.0607. The molecule has 3 N–H and O–H groups in total. The van der Waals surface area contributed by atoms with Crippen LogP contribution in [0.15, 0.2) is 18.5 Å². The summed E-state index contributed by atoms with van der Waals surface area (Å²) in [6.45, 7) is 9.23. The highest BCUT2D eigenvalue weighted by atomic mass is 16.1. The highest BCUT2D eigenvalue weighted by Gasteiger charge is 2.24. The molecule has 0 aliphatic rings. The summed E-state index contributed by atoms with van der Waals surface area (Å²) in [5.74, 6) is 0.530. The van der Waals surface area contributed by atoms with Crippen LogP contribution in [0.25, 0.3) is 0 Å². The van der Waals surface area contributed by atoms with E-state index in [0.717, 1.165) is 24.1 Å². The van der Waals surface area contributed by atoms with Gasteiger partial charge in [0.05, 0.1) is 0 Å². The summed E-state index contributed by atoms with van der Waals surface area (Å²) in [7, 11) is 0. The van der Waals surface area contributed by atoms with Gasteiger partial charge in [-0.05, 0) is 49.3 Å². The summed E-state index contributed by atoms with van der Waals surface area (Å²) in [6, 6.07) is 1.83. The number of pyridine rings is 1. The minimum Gasteiger partial charge on any atom is -0.330 e. The summed E-state index contributed by atoms with van der Waals surface area (Å²) < 4.78 is 0. The van der Waals surface area contributed by atoms with Crippen molar-refractivity contribution in [3.8, 4) is 0 Å². The van der Waals surface area contributed by atoms with E-state index in [-0.39, 0.29) is 11.3 Å². The van der Waals surface area contributed by atoms with Crippen molar-refractivity contribution in [3.63, 3.8) is 0 Å². The minimum absolute atomic E-state index is 0.0607. The number of nitrogens with zero attached hydrogens (tertiary/aromatic N) is 1. The summed E-state index contributed by atoms with van der Waals surface area (Å²) in [6.07, 6.45) is 5.81. The number of hydrogen-bond acceptors (Lipinski definition) is 3. The lowest BCUT2D eigenvalue weighted by molar-refractivity contribution is -0.116. The molecular formula is C16H27N3O. The molecule has 1 heterocycles. The van der Waals surface area contributed by atoms with Crippen molar-refractivity contribution in [2.45, 2.75) is 47.0 Å². The van der Waals surface area contributed by atoms with Crippen LogP contribution in [0.1, 0.15) is 45.6 Å². The van der Waals surface area contributed by atoms with Gasteiger partial charge in [-0.25, -0.2) is 0 Å². The first-order chi connectivity index (χ1) is 9.34. The van der Waals surface area contributed by atoms with Crippen LogP contribution >= 0.6 is 0 Å². The smallest absolute Gasteiger partial charge is 0.224 e. The highest BCUT2D eigenvalue weighted by molar-refractivity contribution is 5.91. The second-order valence-electron chi connectivity index (χ2n) is 6.42. The predicted octanol–water partition coefficient (Wildman–Crippen LogP) is 3.12. The number of nitrogens with two attached hydrogens (primary N) is 1. The van der Waals surface area contributed by atoms with Crippen molar-refractivity contribution >= 4 is 11.6 Å². The van der Waals surface area contributed by atoms with Gasteiger partial charge in [-0.1, -0.05) is 20.8 Å². The van der Waals surface area contributed by atoms with Crippen LogP contribution in [0.5, 0.6) is 0 Å². The Morgan fingerprint density at radius 3 is 2.65 bits per heavy atom. The molecule has 1 aromatic heterocycles. The number of rotatable bonds is 6. The summed E-state index contributed by atoms with van der Waals surface area (Å²) in [4.78, 5) is 16.1. The fourth-order valence-corrected chi connectivity index (χ4v) is 2.34. The molecule has 0 fully saturated rings. The Bertz CT molecular complexity index is 438. The molecule has 1 amide bonds. The van der Waals surface area contributed by atoms with Crippen molar-refractivity contribution in [3.05, 3.63) is 24.0 Å². The largest absolute Gasteiger partial charge is 0.330 e. The molecule has 0 aliphatic carbocycles. The van der Waals surface area contributed by atoms with Crippen LogP contribution in [-0.2, 0) is 4.79 Å². The first kappa shape index (κ1) is 16.6. The third-order valence-corrected chi connectivity index (χ3v) is 3.75. The SMILES string of the molecule is Cc1cnccc1NC(=O)CCC(CCN)C(C)(C)C. The number of hydrogen-bond donors (Lipinski definition) is 2. The molecule has 1 rings (SSSR count). The Kier molecular flexibility index (Phi) is 6.14. The zero-order valence-corrected chi connectivity index (χ0v) is 13.1.